The van der Waals surface area contributed by atoms with Crippen LogP contribution in [0.4, 0.5) is 5.69 Å². The molecule has 0 aliphatic heterocycles. The highest BCUT2D eigenvalue weighted by Crippen LogP contribution is 2.14. The van der Waals surface area contributed by atoms with Gasteiger partial charge in [-0.3, -0.25) is 9.59 Å². The molecule has 4 heteroatoms. The molecule has 1 amide bonds. The van der Waals surface area contributed by atoms with Crippen LogP contribution in [0.2, 0.25) is 0 Å². The molecule has 0 fully saturated rings. The van der Waals surface area contributed by atoms with Gasteiger partial charge in [0.1, 0.15) is 5.69 Å². The standard InChI is InChI=1S/C14H14N2O2/c1-9-3-4-11(7-10(9)2)16-14(18)13-8-12(17)5-6-15-13/h3-8H,1-2H3,(H,15,17)(H,16,18). The highest BCUT2D eigenvalue weighted by atomic mass is 16.2. The molecule has 2 aromatic rings. The lowest BCUT2D eigenvalue weighted by molar-refractivity contribution is 0.102. The number of amides is 1. The Morgan fingerprint density at radius 2 is 1.89 bits per heavy atom. The van der Waals surface area contributed by atoms with Crippen LogP contribution in [0.5, 0.6) is 0 Å². The zero-order valence-corrected chi connectivity index (χ0v) is 10.3. The molecule has 0 bridgehead atoms. The van der Waals surface area contributed by atoms with Gasteiger partial charge in [-0.1, -0.05) is 6.07 Å². The van der Waals surface area contributed by atoms with E-state index in [-0.39, 0.29) is 17.0 Å². The Kier molecular flexibility index (Phi) is 3.28. The third-order valence-electron chi connectivity index (χ3n) is 2.78. The van der Waals surface area contributed by atoms with Crippen molar-refractivity contribution in [2.75, 3.05) is 5.32 Å². The summed E-state index contributed by atoms with van der Waals surface area (Å²) in [6.45, 7) is 3.99. The molecular weight excluding hydrogens is 228 g/mol. The number of aromatic nitrogens is 1. The maximum absolute atomic E-state index is 11.9. The van der Waals surface area contributed by atoms with Gasteiger partial charge in [0.05, 0.1) is 0 Å². The van der Waals surface area contributed by atoms with Crippen LogP contribution < -0.4 is 10.7 Å². The van der Waals surface area contributed by atoms with Gasteiger partial charge in [-0.05, 0) is 37.1 Å². The summed E-state index contributed by atoms with van der Waals surface area (Å²) in [4.78, 5) is 25.8. The predicted octanol–water partition coefficient (Wildman–Crippen LogP) is 2.24. The molecule has 0 radical (unpaired) electrons. The van der Waals surface area contributed by atoms with Gasteiger partial charge in [0, 0.05) is 24.0 Å². The molecule has 18 heavy (non-hydrogen) atoms. The van der Waals surface area contributed by atoms with Crippen molar-refractivity contribution in [3.05, 3.63) is 63.6 Å². The van der Waals surface area contributed by atoms with Crippen LogP contribution in [-0.4, -0.2) is 10.9 Å². The number of anilines is 1. The summed E-state index contributed by atoms with van der Waals surface area (Å²) >= 11 is 0. The van der Waals surface area contributed by atoms with Crippen molar-refractivity contribution < 1.29 is 4.79 Å². The number of hydrogen-bond acceptors (Lipinski definition) is 2. The van der Waals surface area contributed by atoms with Gasteiger partial charge in [-0.15, -0.1) is 0 Å². The van der Waals surface area contributed by atoms with E-state index in [9.17, 15) is 9.59 Å². The number of aryl methyl sites for hydroxylation is 2. The third kappa shape index (κ3) is 2.66. The summed E-state index contributed by atoms with van der Waals surface area (Å²) in [5.74, 6) is -0.323. The summed E-state index contributed by atoms with van der Waals surface area (Å²) in [5, 5.41) is 2.74. The van der Waals surface area contributed by atoms with E-state index in [1.807, 2.05) is 32.0 Å². The number of nitrogens with one attached hydrogen (secondary N) is 2. The van der Waals surface area contributed by atoms with E-state index < -0.39 is 0 Å². The van der Waals surface area contributed by atoms with E-state index in [0.717, 1.165) is 5.56 Å². The Hall–Kier alpha value is -2.36. The monoisotopic (exact) mass is 242 g/mol. The lowest BCUT2D eigenvalue weighted by atomic mass is 10.1. The smallest absolute Gasteiger partial charge is 0.272 e. The van der Waals surface area contributed by atoms with Crippen LogP contribution in [0.15, 0.2) is 41.3 Å². The van der Waals surface area contributed by atoms with E-state index in [4.69, 9.17) is 0 Å². The highest BCUT2D eigenvalue weighted by molar-refractivity contribution is 6.02. The number of carbonyl (C=O) groups is 1. The summed E-state index contributed by atoms with van der Waals surface area (Å²) in [5.41, 5.74) is 3.04. The first kappa shape index (κ1) is 12.1. The van der Waals surface area contributed by atoms with Crippen LogP contribution in [0.3, 0.4) is 0 Å². The average Bonchev–Trinajstić information content (AvgIpc) is 2.34. The second-order valence-electron chi connectivity index (χ2n) is 4.19. The van der Waals surface area contributed by atoms with Gasteiger partial charge in [0.15, 0.2) is 5.43 Å². The number of hydrogen-bond donors (Lipinski definition) is 2. The molecule has 2 N–H and O–H groups in total. The number of benzene rings is 1. The second kappa shape index (κ2) is 4.87. The summed E-state index contributed by atoms with van der Waals surface area (Å²) < 4.78 is 0. The minimum atomic E-state index is -0.323. The molecule has 0 unspecified atom stereocenters. The van der Waals surface area contributed by atoms with Crippen molar-refractivity contribution in [2.24, 2.45) is 0 Å². The van der Waals surface area contributed by atoms with Crippen LogP contribution in [0, 0.1) is 13.8 Å². The normalized spacial score (nSPS) is 10.1. The van der Waals surface area contributed by atoms with Crippen molar-refractivity contribution in [3.63, 3.8) is 0 Å². The molecule has 1 aromatic heterocycles. The number of H-pyrrole nitrogens is 1. The Labute approximate surface area is 105 Å². The van der Waals surface area contributed by atoms with Crippen LogP contribution in [0.25, 0.3) is 0 Å². The molecule has 4 nitrogen and oxygen atoms in total. The van der Waals surface area contributed by atoms with Gasteiger partial charge < -0.3 is 10.3 Å². The third-order valence-corrected chi connectivity index (χ3v) is 2.78. The maximum Gasteiger partial charge on any atom is 0.272 e. The first-order valence-electron chi connectivity index (χ1n) is 5.63. The molecule has 1 aromatic carbocycles. The van der Waals surface area contributed by atoms with Gasteiger partial charge in [0.25, 0.3) is 5.91 Å². The fourth-order valence-electron chi connectivity index (χ4n) is 1.59. The van der Waals surface area contributed by atoms with Crippen molar-refractivity contribution >= 4 is 11.6 Å². The van der Waals surface area contributed by atoms with Gasteiger partial charge >= 0.3 is 0 Å². The Balaban J connectivity index is 2.21. The quantitative estimate of drug-likeness (QED) is 0.848. The Morgan fingerprint density at radius 3 is 2.56 bits per heavy atom. The maximum atomic E-state index is 11.9. The second-order valence-corrected chi connectivity index (χ2v) is 4.19. The number of pyridine rings is 1. The van der Waals surface area contributed by atoms with Gasteiger partial charge in [-0.25, -0.2) is 0 Å². The molecule has 0 atom stereocenters. The van der Waals surface area contributed by atoms with Gasteiger partial charge in [-0.2, -0.15) is 0 Å². The summed E-state index contributed by atoms with van der Waals surface area (Å²) in [6, 6.07) is 8.32. The van der Waals surface area contributed by atoms with Crippen LogP contribution in [0.1, 0.15) is 21.6 Å². The van der Waals surface area contributed by atoms with Gasteiger partial charge in [0.2, 0.25) is 0 Å². The minimum Gasteiger partial charge on any atom is -0.357 e. The molecule has 0 aliphatic rings. The SMILES string of the molecule is Cc1ccc(NC(=O)c2cc(=O)cc[nH]2)cc1C. The Bertz CT molecular complexity index is 644. The fraction of sp³-hybridized carbons (Fsp3) is 0.143. The van der Waals surface area contributed by atoms with E-state index in [1.165, 1.54) is 23.9 Å². The van der Waals surface area contributed by atoms with Crippen molar-refractivity contribution in [1.82, 2.24) is 4.98 Å². The molecule has 0 aliphatic carbocycles. The number of carbonyl (C=O) groups excluding carboxylic acids is 1. The van der Waals surface area contributed by atoms with E-state index >= 15 is 0 Å². The zero-order valence-electron chi connectivity index (χ0n) is 10.3. The molecule has 0 spiro atoms. The lowest BCUT2D eigenvalue weighted by Gasteiger charge is -2.07. The Morgan fingerprint density at radius 1 is 1.11 bits per heavy atom. The van der Waals surface area contributed by atoms with Crippen LogP contribution >= 0.6 is 0 Å². The van der Waals surface area contributed by atoms with Crippen molar-refractivity contribution in [2.45, 2.75) is 13.8 Å². The molecule has 0 saturated heterocycles. The largest absolute Gasteiger partial charge is 0.357 e. The average molecular weight is 242 g/mol. The minimum absolute atomic E-state index is 0.195. The number of rotatable bonds is 2. The first-order valence-corrected chi connectivity index (χ1v) is 5.63. The number of aromatic amines is 1. The summed E-state index contributed by atoms with van der Waals surface area (Å²) in [6.07, 6.45) is 1.46. The molecule has 0 saturated carbocycles. The molecule has 92 valence electrons. The molecule has 1 heterocycles. The van der Waals surface area contributed by atoms with Crippen LogP contribution in [-0.2, 0) is 0 Å². The van der Waals surface area contributed by atoms with Crippen molar-refractivity contribution in [3.8, 4) is 0 Å². The zero-order chi connectivity index (χ0) is 13.1. The molecule has 2 rings (SSSR count). The lowest BCUT2D eigenvalue weighted by Crippen LogP contribution is -2.16. The van der Waals surface area contributed by atoms with E-state index in [2.05, 4.69) is 10.3 Å². The highest BCUT2D eigenvalue weighted by Gasteiger charge is 2.07. The molecular formula is C14H14N2O2. The van der Waals surface area contributed by atoms with Crippen molar-refractivity contribution in [1.29, 1.82) is 0 Å². The fourth-order valence-corrected chi connectivity index (χ4v) is 1.59. The first-order chi connectivity index (χ1) is 8.56. The van der Waals surface area contributed by atoms with E-state index in [1.54, 1.807) is 0 Å². The summed E-state index contributed by atoms with van der Waals surface area (Å²) in [7, 11) is 0. The topological polar surface area (TPSA) is 62.0 Å². The predicted molar refractivity (Wildman–Crippen MR) is 70.9 cm³/mol. The van der Waals surface area contributed by atoms with E-state index in [0.29, 0.717) is 5.69 Å².